The highest BCUT2D eigenvalue weighted by atomic mass is 79.9. The Bertz CT molecular complexity index is 852. The van der Waals surface area contributed by atoms with E-state index in [0.29, 0.717) is 17.6 Å². The van der Waals surface area contributed by atoms with Gasteiger partial charge in [-0.1, -0.05) is 35.9 Å². The lowest BCUT2D eigenvalue weighted by Crippen LogP contribution is -2.29. The molecule has 2 aromatic rings. The van der Waals surface area contributed by atoms with Crippen LogP contribution in [0.1, 0.15) is 29.5 Å². The van der Waals surface area contributed by atoms with E-state index in [1.54, 1.807) is 14.2 Å². The SMILES string of the molecule is COc1cc([C@H]2Nc3c(Cl)cccc3C3C=CCC32)cc(Br)c1OC. The van der Waals surface area contributed by atoms with E-state index in [0.717, 1.165) is 32.9 Å². The lowest BCUT2D eigenvalue weighted by molar-refractivity contribution is 0.351. The molecule has 0 bridgehead atoms. The van der Waals surface area contributed by atoms with Crippen molar-refractivity contribution in [1.29, 1.82) is 0 Å². The molecular formula is C20H19BrClNO2. The number of para-hydroxylation sites is 1. The van der Waals surface area contributed by atoms with Gasteiger partial charge in [-0.05, 0) is 57.6 Å². The van der Waals surface area contributed by atoms with Crippen molar-refractivity contribution in [3.63, 3.8) is 0 Å². The smallest absolute Gasteiger partial charge is 0.174 e. The van der Waals surface area contributed by atoms with E-state index in [9.17, 15) is 0 Å². The Kier molecular flexibility index (Phi) is 4.42. The summed E-state index contributed by atoms with van der Waals surface area (Å²) >= 11 is 10.1. The van der Waals surface area contributed by atoms with Crippen molar-refractivity contribution >= 4 is 33.2 Å². The van der Waals surface area contributed by atoms with Crippen LogP contribution in [-0.2, 0) is 0 Å². The van der Waals surface area contributed by atoms with E-state index in [1.807, 2.05) is 12.1 Å². The van der Waals surface area contributed by atoms with E-state index in [-0.39, 0.29) is 6.04 Å². The fraction of sp³-hybridized carbons (Fsp3) is 0.300. The quantitative estimate of drug-likeness (QED) is 0.623. The normalized spacial score (nSPS) is 23.6. The van der Waals surface area contributed by atoms with Crippen molar-refractivity contribution in [3.8, 4) is 11.5 Å². The molecule has 2 aliphatic rings. The minimum atomic E-state index is 0.156. The highest BCUT2D eigenvalue weighted by Crippen LogP contribution is 2.52. The average molecular weight is 421 g/mol. The largest absolute Gasteiger partial charge is 0.493 e. The number of halogens is 2. The molecule has 0 aromatic heterocycles. The maximum absolute atomic E-state index is 6.48. The zero-order valence-corrected chi connectivity index (χ0v) is 16.4. The molecule has 130 valence electrons. The lowest BCUT2D eigenvalue weighted by atomic mass is 9.77. The summed E-state index contributed by atoms with van der Waals surface area (Å²) in [7, 11) is 3.31. The van der Waals surface area contributed by atoms with Gasteiger partial charge in [0.15, 0.2) is 11.5 Å². The monoisotopic (exact) mass is 419 g/mol. The van der Waals surface area contributed by atoms with E-state index < -0.39 is 0 Å². The number of fused-ring (bicyclic) bond motifs is 3. The lowest BCUT2D eigenvalue weighted by Gasteiger charge is -2.38. The van der Waals surface area contributed by atoms with Gasteiger partial charge in [0.2, 0.25) is 0 Å². The number of methoxy groups -OCH3 is 2. The third-order valence-electron chi connectivity index (χ3n) is 5.16. The van der Waals surface area contributed by atoms with E-state index >= 15 is 0 Å². The van der Waals surface area contributed by atoms with Gasteiger partial charge in [0.1, 0.15) is 0 Å². The van der Waals surface area contributed by atoms with Crippen LogP contribution >= 0.6 is 27.5 Å². The van der Waals surface area contributed by atoms with Crippen molar-refractivity contribution in [2.45, 2.75) is 18.4 Å². The second-order valence-corrected chi connectivity index (χ2v) is 7.68. The number of allylic oxidation sites excluding steroid dienone is 2. The molecule has 2 aromatic carbocycles. The highest BCUT2D eigenvalue weighted by Gasteiger charge is 2.39. The fourth-order valence-electron chi connectivity index (χ4n) is 4.03. The first kappa shape index (κ1) is 16.8. The van der Waals surface area contributed by atoms with Crippen LogP contribution in [0.2, 0.25) is 5.02 Å². The van der Waals surface area contributed by atoms with Gasteiger partial charge in [-0.3, -0.25) is 0 Å². The molecule has 1 aliphatic carbocycles. The van der Waals surface area contributed by atoms with Crippen LogP contribution in [-0.4, -0.2) is 14.2 Å². The summed E-state index contributed by atoms with van der Waals surface area (Å²) in [6, 6.07) is 10.5. The minimum Gasteiger partial charge on any atom is -0.493 e. The molecule has 1 N–H and O–H groups in total. The molecule has 0 saturated carbocycles. The molecule has 3 atom stereocenters. The topological polar surface area (TPSA) is 30.5 Å². The molecule has 1 heterocycles. The summed E-state index contributed by atoms with van der Waals surface area (Å²) in [4.78, 5) is 0. The van der Waals surface area contributed by atoms with Crippen molar-refractivity contribution < 1.29 is 9.47 Å². The van der Waals surface area contributed by atoms with Crippen LogP contribution in [0.15, 0.2) is 47.0 Å². The van der Waals surface area contributed by atoms with Crippen molar-refractivity contribution in [2.75, 3.05) is 19.5 Å². The van der Waals surface area contributed by atoms with Crippen LogP contribution in [0.25, 0.3) is 0 Å². The number of anilines is 1. The standard InChI is InChI=1S/C20H19BrClNO2/c1-24-17-10-11(9-15(21)20(17)25-2)18-13-6-3-5-12(13)14-7-4-8-16(22)19(14)23-18/h3-5,7-10,12-13,18,23H,6H2,1-2H3/t12?,13?,18-/m1/s1. The Hall–Kier alpha value is -1.65. The predicted octanol–water partition coefficient (Wildman–Crippen LogP) is 5.95. The summed E-state index contributed by atoms with van der Waals surface area (Å²) in [6.45, 7) is 0. The Labute approximate surface area is 161 Å². The Morgan fingerprint density at radius 3 is 2.80 bits per heavy atom. The number of ether oxygens (including phenoxy) is 2. The molecule has 3 nitrogen and oxygen atoms in total. The van der Waals surface area contributed by atoms with Crippen molar-refractivity contribution in [1.82, 2.24) is 0 Å². The molecule has 0 amide bonds. The molecule has 0 saturated heterocycles. The number of nitrogens with one attached hydrogen (secondary N) is 1. The first-order valence-electron chi connectivity index (χ1n) is 8.27. The Morgan fingerprint density at radius 1 is 1.20 bits per heavy atom. The molecule has 1 aliphatic heterocycles. The van der Waals surface area contributed by atoms with Crippen molar-refractivity contribution in [2.24, 2.45) is 5.92 Å². The molecule has 0 spiro atoms. The van der Waals surface area contributed by atoms with Crippen LogP contribution in [0.5, 0.6) is 11.5 Å². The summed E-state index contributed by atoms with van der Waals surface area (Å²) in [5, 5.41) is 4.44. The highest BCUT2D eigenvalue weighted by molar-refractivity contribution is 9.10. The summed E-state index contributed by atoms with van der Waals surface area (Å²) in [5.41, 5.74) is 3.48. The maximum Gasteiger partial charge on any atom is 0.174 e. The molecule has 25 heavy (non-hydrogen) atoms. The first-order valence-corrected chi connectivity index (χ1v) is 9.44. The van der Waals surface area contributed by atoms with Crippen LogP contribution in [0, 0.1) is 5.92 Å². The van der Waals surface area contributed by atoms with Gasteiger partial charge >= 0.3 is 0 Å². The van der Waals surface area contributed by atoms with E-state index in [4.69, 9.17) is 21.1 Å². The van der Waals surface area contributed by atoms with Gasteiger partial charge in [0.05, 0.1) is 35.4 Å². The van der Waals surface area contributed by atoms with Gasteiger partial charge in [0, 0.05) is 5.92 Å². The molecular weight excluding hydrogens is 402 g/mol. The maximum atomic E-state index is 6.48. The van der Waals surface area contributed by atoms with Gasteiger partial charge in [-0.25, -0.2) is 0 Å². The van der Waals surface area contributed by atoms with E-state index in [1.165, 1.54) is 5.56 Å². The molecule has 2 unspecified atom stereocenters. The third-order valence-corrected chi connectivity index (χ3v) is 6.06. The van der Waals surface area contributed by atoms with Crippen LogP contribution in [0.4, 0.5) is 5.69 Å². The zero-order chi connectivity index (χ0) is 17.6. The van der Waals surface area contributed by atoms with Crippen molar-refractivity contribution in [3.05, 3.63) is 63.1 Å². The van der Waals surface area contributed by atoms with E-state index in [2.05, 4.69) is 51.6 Å². The fourth-order valence-corrected chi connectivity index (χ4v) is 4.89. The molecule has 5 heteroatoms. The predicted molar refractivity (Wildman–Crippen MR) is 105 cm³/mol. The number of rotatable bonds is 3. The molecule has 0 fully saturated rings. The number of hydrogen-bond acceptors (Lipinski definition) is 3. The third kappa shape index (κ3) is 2.72. The summed E-state index contributed by atoms with van der Waals surface area (Å²) in [5.74, 6) is 2.27. The van der Waals surface area contributed by atoms with Crippen LogP contribution in [0.3, 0.4) is 0 Å². The van der Waals surface area contributed by atoms with Gasteiger partial charge in [-0.15, -0.1) is 0 Å². The second-order valence-electron chi connectivity index (χ2n) is 6.42. The summed E-state index contributed by atoms with van der Waals surface area (Å²) in [6.07, 6.45) is 5.62. The van der Waals surface area contributed by atoms with Gasteiger partial charge in [0.25, 0.3) is 0 Å². The van der Waals surface area contributed by atoms with Crippen LogP contribution < -0.4 is 14.8 Å². The Balaban J connectivity index is 1.82. The second kappa shape index (κ2) is 6.58. The Morgan fingerprint density at radius 2 is 2.04 bits per heavy atom. The average Bonchev–Trinajstić information content (AvgIpc) is 3.10. The number of hydrogen-bond donors (Lipinski definition) is 1. The first-order chi connectivity index (χ1) is 12.1. The molecule has 0 radical (unpaired) electrons. The number of benzene rings is 2. The van der Waals surface area contributed by atoms with Gasteiger partial charge < -0.3 is 14.8 Å². The van der Waals surface area contributed by atoms with Gasteiger partial charge in [-0.2, -0.15) is 0 Å². The molecule has 4 rings (SSSR count). The zero-order valence-electron chi connectivity index (χ0n) is 14.1. The minimum absolute atomic E-state index is 0.156. The summed E-state index contributed by atoms with van der Waals surface area (Å²) < 4.78 is 11.9.